The molecule has 0 atom stereocenters. The number of carbonyl (C=O) groups is 1. The van der Waals surface area contributed by atoms with Crippen LogP contribution in [0.5, 0.6) is 5.75 Å². The summed E-state index contributed by atoms with van der Waals surface area (Å²) in [5, 5.41) is 2.96. The zero-order chi connectivity index (χ0) is 24.1. The number of hydrogen-bond acceptors (Lipinski definition) is 7. The molecule has 1 aromatic heterocycles. The number of carbonyl (C=O) groups excluding carboxylic acids is 1. The van der Waals surface area contributed by atoms with Crippen molar-refractivity contribution in [3.8, 4) is 5.75 Å². The number of anilines is 2. The Morgan fingerprint density at radius 1 is 1.09 bits per heavy atom. The number of amides is 1. The first-order chi connectivity index (χ1) is 16.3. The van der Waals surface area contributed by atoms with Gasteiger partial charge in [0.25, 0.3) is 0 Å². The van der Waals surface area contributed by atoms with Gasteiger partial charge < -0.3 is 15.0 Å². The van der Waals surface area contributed by atoms with E-state index < -0.39 is 10.0 Å². The van der Waals surface area contributed by atoms with E-state index in [2.05, 4.69) is 20.2 Å². The molecule has 1 amide bonds. The van der Waals surface area contributed by atoms with E-state index in [9.17, 15) is 13.2 Å². The maximum Gasteiger partial charge on any atom is 0.243 e. The van der Waals surface area contributed by atoms with E-state index in [0.717, 1.165) is 25.1 Å². The van der Waals surface area contributed by atoms with E-state index in [-0.39, 0.29) is 22.8 Å². The molecule has 0 radical (unpaired) electrons. The topological polar surface area (TPSA) is 105 Å². The number of rotatable bonds is 7. The van der Waals surface area contributed by atoms with Crippen molar-refractivity contribution >= 4 is 27.4 Å². The average Bonchev–Trinajstić information content (AvgIpc) is 2.86. The summed E-state index contributed by atoms with van der Waals surface area (Å²) in [7, 11) is -3.62. The molecule has 3 heterocycles. The molecule has 0 aliphatic carbocycles. The maximum absolute atomic E-state index is 13.2. The SMILES string of the molecule is CC(C)Oc1ccc(S(=O)(=O)N2CCCCC2)cc1NC(=O)C1CCN(c2cnccn2)CC1. The summed E-state index contributed by atoms with van der Waals surface area (Å²) in [6.45, 7) is 6.25. The van der Waals surface area contributed by atoms with Crippen LogP contribution in [0.3, 0.4) is 0 Å². The monoisotopic (exact) mass is 487 g/mol. The lowest BCUT2D eigenvalue weighted by molar-refractivity contribution is -0.120. The first-order valence-electron chi connectivity index (χ1n) is 12.0. The highest BCUT2D eigenvalue weighted by atomic mass is 32.2. The second-order valence-electron chi connectivity index (χ2n) is 9.10. The third-order valence-corrected chi connectivity index (χ3v) is 8.16. The predicted molar refractivity (Wildman–Crippen MR) is 130 cm³/mol. The Morgan fingerprint density at radius 3 is 2.47 bits per heavy atom. The summed E-state index contributed by atoms with van der Waals surface area (Å²) in [6.07, 6.45) is 9.04. The molecule has 0 spiro atoms. The molecule has 0 bridgehead atoms. The Labute approximate surface area is 201 Å². The molecule has 1 N–H and O–H groups in total. The summed E-state index contributed by atoms with van der Waals surface area (Å²) in [4.78, 5) is 23.9. The van der Waals surface area contributed by atoms with Crippen LogP contribution in [0.15, 0.2) is 41.7 Å². The molecule has 1 aromatic carbocycles. The number of hydrogen-bond donors (Lipinski definition) is 1. The minimum absolute atomic E-state index is 0.115. The van der Waals surface area contributed by atoms with Gasteiger partial charge in [-0.25, -0.2) is 13.4 Å². The van der Waals surface area contributed by atoms with Crippen LogP contribution in [0.25, 0.3) is 0 Å². The second-order valence-corrected chi connectivity index (χ2v) is 11.0. The van der Waals surface area contributed by atoms with Crippen molar-refractivity contribution in [3.05, 3.63) is 36.8 Å². The van der Waals surface area contributed by atoms with E-state index in [1.165, 1.54) is 10.4 Å². The van der Waals surface area contributed by atoms with Crippen LogP contribution in [-0.4, -0.2) is 60.9 Å². The van der Waals surface area contributed by atoms with Gasteiger partial charge in [0, 0.05) is 44.5 Å². The summed E-state index contributed by atoms with van der Waals surface area (Å²) in [6, 6.07) is 4.74. The number of benzene rings is 1. The molecular formula is C24H33N5O4S. The van der Waals surface area contributed by atoms with Gasteiger partial charge >= 0.3 is 0 Å². The van der Waals surface area contributed by atoms with Crippen LogP contribution >= 0.6 is 0 Å². The normalized spacial score (nSPS) is 18.1. The van der Waals surface area contributed by atoms with E-state index in [4.69, 9.17) is 4.74 Å². The Hall–Kier alpha value is -2.72. The molecule has 184 valence electrons. The number of nitrogens with zero attached hydrogens (tertiary/aromatic N) is 4. The third kappa shape index (κ3) is 5.67. The number of aromatic nitrogens is 2. The number of sulfonamides is 1. The van der Waals surface area contributed by atoms with Gasteiger partial charge in [0.05, 0.1) is 22.9 Å². The minimum atomic E-state index is -3.62. The highest BCUT2D eigenvalue weighted by molar-refractivity contribution is 7.89. The standard InChI is InChI=1S/C24H33N5O4S/c1-18(2)33-22-7-6-20(34(31,32)29-12-4-3-5-13-29)16-21(22)27-24(30)19-8-14-28(15-9-19)23-17-25-10-11-26-23/h6-7,10-11,16-19H,3-5,8-9,12-15H2,1-2H3,(H,27,30). The van der Waals surface area contributed by atoms with Crippen LogP contribution in [0.2, 0.25) is 0 Å². The van der Waals surface area contributed by atoms with Gasteiger partial charge in [-0.1, -0.05) is 6.42 Å². The first kappa shape index (κ1) is 24.4. The zero-order valence-electron chi connectivity index (χ0n) is 19.8. The van der Waals surface area contributed by atoms with Crippen molar-refractivity contribution in [2.24, 2.45) is 5.92 Å². The fourth-order valence-corrected chi connectivity index (χ4v) is 5.98. The van der Waals surface area contributed by atoms with Gasteiger partial charge in [-0.3, -0.25) is 9.78 Å². The molecule has 2 saturated heterocycles. The van der Waals surface area contributed by atoms with Crippen LogP contribution in [0, 0.1) is 5.92 Å². The smallest absolute Gasteiger partial charge is 0.243 e. The molecule has 2 aromatic rings. The molecule has 0 unspecified atom stereocenters. The van der Waals surface area contributed by atoms with Crippen LogP contribution < -0.4 is 15.0 Å². The number of nitrogens with one attached hydrogen (secondary N) is 1. The molecule has 2 fully saturated rings. The summed E-state index contributed by atoms with van der Waals surface area (Å²) in [5.41, 5.74) is 0.396. The minimum Gasteiger partial charge on any atom is -0.489 e. The predicted octanol–water partition coefficient (Wildman–Crippen LogP) is 3.29. The second kappa shape index (κ2) is 10.7. The zero-order valence-corrected chi connectivity index (χ0v) is 20.6. The fraction of sp³-hybridized carbons (Fsp3) is 0.542. The van der Waals surface area contributed by atoms with Crippen molar-refractivity contribution in [1.29, 1.82) is 0 Å². The van der Waals surface area contributed by atoms with Crippen molar-refractivity contribution < 1.29 is 17.9 Å². The van der Waals surface area contributed by atoms with Gasteiger partial charge in [0.1, 0.15) is 11.6 Å². The van der Waals surface area contributed by atoms with Crippen molar-refractivity contribution in [3.63, 3.8) is 0 Å². The summed E-state index contributed by atoms with van der Waals surface area (Å²) < 4.78 is 33.8. The van der Waals surface area contributed by atoms with Crippen LogP contribution in [-0.2, 0) is 14.8 Å². The third-order valence-electron chi connectivity index (χ3n) is 6.26. The van der Waals surface area contributed by atoms with E-state index in [1.807, 2.05) is 13.8 Å². The number of ether oxygens (including phenoxy) is 1. The Balaban J connectivity index is 1.49. The quantitative estimate of drug-likeness (QED) is 0.639. The molecule has 2 aliphatic heterocycles. The first-order valence-corrected chi connectivity index (χ1v) is 13.4. The van der Waals surface area contributed by atoms with Gasteiger partial charge in [-0.15, -0.1) is 0 Å². The van der Waals surface area contributed by atoms with E-state index in [0.29, 0.717) is 50.5 Å². The van der Waals surface area contributed by atoms with Crippen molar-refractivity contribution in [2.75, 3.05) is 36.4 Å². The largest absolute Gasteiger partial charge is 0.489 e. The van der Waals surface area contributed by atoms with Crippen LogP contribution in [0.4, 0.5) is 11.5 Å². The lowest BCUT2D eigenvalue weighted by atomic mass is 9.96. The van der Waals surface area contributed by atoms with Gasteiger partial charge in [-0.2, -0.15) is 4.31 Å². The Morgan fingerprint density at radius 2 is 1.82 bits per heavy atom. The summed E-state index contributed by atoms with van der Waals surface area (Å²) >= 11 is 0. The number of piperidine rings is 2. The molecule has 9 nitrogen and oxygen atoms in total. The van der Waals surface area contributed by atoms with Gasteiger partial charge in [0.2, 0.25) is 15.9 Å². The Bertz CT molecular complexity index is 1080. The van der Waals surface area contributed by atoms with Crippen molar-refractivity contribution in [1.82, 2.24) is 14.3 Å². The molecule has 0 saturated carbocycles. The van der Waals surface area contributed by atoms with Gasteiger partial charge in [-0.05, 0) is 57.7 Å². The average molecular weight is 488 g/mol. The van der Waals surface area contributed by atoms with Crippen LogP contribution in [0.1, 0.15) is 46.0 Å². The summed E-state index contributed by atoms with van der Waals surface area (Å²) in [5.74, 6) is 0.977. The van der Waals surface area contributed by atoms with Crippen molar-refractivity contribution in [2.45, 2.75) is 57.0 Å². The molecule has 10 heteroatoms. The maximum atomic E-state index is 13.2. The van der Waals surface area contributed by atoms with E-state index in [1.54, 1.807) is 30.7 Å². The van der Waals surface area contributed by atoms with Gasteiger partial charge in [0.15, 0.2) is 0 Å². The lowest BCUT2D eigenvalue weighted by Crippen LogP contribution is -2.38. The van der Waals surface area contributed by atoms with E-state index >= 15 is 0 Å². The molecule has 4 rings (SSSR count). The lowest BCUT2D eigenvalue weighted by Gasteiger charge is -2.32. The fourth-order valence-electron chi connectivity index (χ4n) is 4.44. The highest BCUT2D eigenvalue weighted by Gasteiger charge is 2.29. The molecule has 2 aliphatic rings. The molecule has 34 heavy (non-hydrogen) atoms. The molecular weight excluding hydrogens is 454 g/mol. The Kier molecular flexibility index (Phi) is 7.67. The highest BCUT2D eigenvalue weighted by Crippen LogP contribution is 2.32.